The van der Waals surface area contributed by atoms with E-state index in [4.69, 9.17) is 5.11 Å². The van der Waals surface area contributed by atoms with Gasteiger partial charge in [-0.1, -0.05) is 12.1 Å². The number of aromatic carboxylic acids is 1. The largest absolute Gasteiger partial charge is 0.478 e. The van der Waals surface area contributed by atoms with Crippen molar-refractivity contribution in [3.8, 4) is 0 Å². The molecule has 25 heavy (non-hydrogen) atoms. The van der Waals surface area contributed by atoms with Crippen LogP contribution in [0.2, 0.25) is 0 Å². The summed E-state index contributed by atoms with van der Waals surface area (Å²) in [6.07, 6.45) is 6.09. The van der Waals surface area contributed by atoms with Gasteiger partial charge in [-0.2, -0.15) is 0 Å². The van der Waals surface area contributed by atoms with Crippen molar-refractivity contribution in [3.63, 3.8) is 0 Å². The monoisotopic (exact) mass is 340 g/mol. The summed E-state index contributed by atoms with van der Waals surface area (Å²) in [6.45, 7) is 2.84. The van der Waals surface area contributed by atoms with Crippen LogP contribution in [0.15, 0.2) is 42.9 Å². The van der Waals surface area contributed by atoms with E-state index in [-0.39, 0.29) is 11.5 Å². The molecular formula is C18H20N4O3. The summed E-state index contributed by atoms with van der Waals surface area (Å²) in [5, 5.41) is 8.89. The third-order valence-corrected chi connectivity index (χ3v) is 4.33. The summed E-state index contributed by atoms with van der Waals surface area (Å²) in [6, 6.07) is 6.68. The molecule has 2 aromatic rings. The van der Waals surface area contributed by atoms with Crippen molar-refractivity contribution in [3.05, 3.63) is 54.0 Å². The second kappa shape index (κ2) is 7.74. The van der Waals surface area contributed by atoms with Crippen LogP contribution in [0.4, 0.5) is 5.82 Å². The maximum Gasteiger partial charge on any atom is 0.335 e. The number of rotatable bonds is 5. The molecule has 3 rings (SSSR count). The molecule has 0 unspecified atom stereocenters. The van der Waals surface area contributed by atoms with E-state index in [1.54, 1.807) is 42.9 Å². The Bertz CT molecular complexity index is 726. The number of carboxylic acid groups (broad SMARTS) is 1. The third kappa shape index (κ3) is 4.32. The van der Waals surface area contributed by atoms with Crippen molar-refractivity contribution in [2.45, 2.75) is 12.8 Å². The fourth-order valence-corrected chi connectivity index (χ4v) is 2.86. The molecule has 0 aliphatic carbocycles. The number of piperazine rings is 1. The summed E-state index contributed by atoms with van der Waals surface area (Å²) < 4.78 is 0. The fourth-order valence-electron chi connectivity index (χ4n) is 2.86. The molecule has 0 spiro atoms. The van der Waals surface area contributed by atoms with Gasteiger partial charge in [0.15, 0.2) is 0 Å². The lowest BCUT2D eigenvalue weighted by molar-refractivity contribution is -0.131. The normalized spacial score (nSPS) is 14.4. The summed E-state index contributed by atoms with van der Waals surface area (Å²) in [5.41, 5.74) is 1.23. The topological polar surface area (TPSA) is 86.6 Å². The van der Waals surface area contributed by atoms with Crippen LogP contribution in [-0.4, -0.2) is 58.0 Å². The highest BCUT2D eigenvalue weighted by Crippen LogP contribution is 2.13. The summed E-state index contributed by atoms with van der Waals surface area (Å²) in [7, 11) is 0. The second-order valence-corrected chi connectivity index (χ2v) is 5.93. The Morgan fingerprint density at radius 2 is 1.76 bits per heavy atom. The zero-order chi connectivity index (χ0) is 17.6. The first-order valence-electron chi connectivity index (χ1n) is 8.24. The number of carbonyl (C=O) groups excluding carboxylic acids is 1. The zero-order valence-corrected chi connectivity index (χ0v) is 13.8. The Morgan fingerprint density at radius 3 is 2.36 bits per heavy atom. The number of amides is 1. The average Bonchev–Trinajstić information content (AvgIpc) is 2.67. The van der Waals surface area contributed by atoms with Crippen LogP contribution in [0, 0.1) is 0 Å². The van der Waals surface area contributed by atoms with E-state index in [9.17, 15) is 9.59 Å². The van der Waals surface area contributed by atoms with Gasteiger partial charge in [-0.15, -0.1) is 0 Å². The van der Waals surface area contributed by atoms with Gasteiger partial charge >= 0.3 is 5.97 Å². The lowest BCUT2D eigenvalue weighted by Gasteiger charge is -2.35. The van der Waals surface area contributed by atoms with Crippen molar-refractivity contribution in [1.82, 2.24) is 14.9 Å². The predicted octanol–water partition coefficient (Wildman–Crippen LogP) is 1.46. The van der Waals surface area contributed by atoms with Crippen LogP contribution in [-0.2, 0) is 11.2 Å². The van der Waals surface area contributed by atoms with Crippen molar-refractivity contribution in [2.75, 3.05) is 31.1 Å². The Balaban J connectivity index is 1.47. The fraction of sp³-hybridized carbons (Fsp3) is 0.333. The molecule has 1 fully saturated rings. The number of aromatic nitrogens is 2. The Hall–Kier alpha value is -2.96. The molecule has 7 nitrogen and oxygen atoms in total. The van der Waals surface area contributed by atoms with Crippen LogP contribution >= 0.6 is 0 Å². The van der Waals surface area contributed by atoms with Gasteiger partial charge in [-0.05, 0) is 24.1 Å². The van der Waals surface area contributed by atoms with E-state index in [0.717, 1.165) is 24.5 Å². The van der Waals surface area contributed by atoms with Gasteiger partial charge in [0.1, 0.15) is 5.82 Å². The van der Waals surface area contributed by atoms with Crippen molar-refractivity contribution in [2.24, 2.45) is 0 Å². The van der Waals surface area contributed by atoms with E-state index in [2.05, 4.69) is 14.9 Å². The number of aryl methyl sites for hydroxylation is 1. The quantitative estimate of drug-likeness (QED) is 0.887. The first kappa shape index (κ1) is 16.9. The minimum absolute atomic E-state index is 0.126. The highest BCUT2D eigenvalue weighted by molar-refractivity contribution is 5.87. The highest BCUT2D eigenvalue weighted by Gasteiger charge is 2.21. The maximum absolute atomic E-state index is 12.4. The van der Waals surface area contributed by atoms with Crippen LogP contribution in [0.25, 0.3) is 0 Å². The minimum atomic E-state index is -0.941. The lowest BCUT2D eigenvalue weighted by Crippen LogP contribution is -2.49. The molecule has 130 valence electrons. The Kier molecular flexibility index (Phi) is 5.23. The number of nitrogens with zero attached hydrogens (tertiary/aromatic N) is 4. The maximum atomic E-state index is 12.4. The van der Waals surface area contributed by atoms with Gasteiger partial charge in [0.05, 0.1) is 11.8 Å². The van der Waals surface area contributed by atoms with Gasteiger partial charge < -0.3 is 14.9 Å². The van der Waals surface area contributed by atoms with E-state index in [1.165, 1.54) is 0 Å². The molecule has 0 atom stereocenters. The average molecular weight is 340 g/mol. The minimum Gasteiger partial charge on any atom is -0.478 e. The van der Waals surface area contributed by atoms with E-state index < -0.39 is 5.97 Å². The number of carbonyl (C=O) groups is 2. The number of anilines is 1. The molecular weight excluding hydrogens is 320 g/mol. The molecule has 1 aromatic heterocycles. The molecule has 1 aliphatic heterocycles. The zero-order valence-electron chi connectivity index (χ0n) is 13.8. The molecule has 1 aliphatic rings. The van der Waals surface area contributed by atoms with E-state index in [0.29, 0.717) is 25.9 Å². The van der Waals surface area contributed by atoms with Crippen LogP contribution in [0.1, 0.15) is 22.3 Å². The second-order valence-electron chi connectivity index (χ2n) is 5.93. The number of hydrogen-bond donors (Lipinski definition) is 1. The van der Waals surface area contributed by atoms with Crippen molar-refractivity contribution < 1.29 is 14.7 Å². The van der Waals surface area contributed by atoms with Gasteiger partial charge in [0, 0.05) is 45.0 Å². The lowest BCUT2D eigenvalue weighted by atomic mass is 10.1. The summed E-state index contributed by atoms with van der Waals surface area (Å²) in [5.74, 6) is 0.0258. The molecule has 1 saturated heterocycles. The molecule has 2 heterocycles. The molecule has 0 bridgehead atoms. The summed E-state index contributed by atoms with van der Waals surface area (Å²) >= 11 is 0. The number of hydrogen-bond acceptors (Lipinski definition) is 5. The van der Waals surface area contributed by atoms with Crippen molar-refractivity contribution >= 4 is 17.7 Å². The molecule has 1 aromatic carbocycles. The van der Waals surface area contributed by atoms with Gasteiger partial charge in [0.2, 0.25) is 5.91 Å². The summed E-state index contributed by atoms with van der Waals surface area (Å²) in [4.78, 5) is 35.6. The predicted molar refractivity (Wildman–Crippen MR) is 92.5 cm³/mol. The standard InChI is InChI=1S/C18H20N4O3/c23-17(6-3-14-1-4-15(5-2-14)18(24)25)22-11-9-21(10-12-22)16-13-19-7-8-20-16/h1-2,4-5,7-8,13H,3,6,9-12H2,(H,24,25). The Morgan fingerprint density at radius 1 is 1.04 bits per heavy atom. The van der Waals surface area contributed by atoms with Crippen LogP contribution in [0.3, 0.4) is 0 Å². The SMILES string of the molecule is O=C(O)c1ccc(CCC(=O)N2CCN(c3cnccn3)CC2)cc1. The Labute approximate surface area is 145 Å². The first-order valence-corrected chi connectivity index (χ1v) is 8.24. The molecule has 0 radical (unpaired) electrons. The van der Waals surface area contributed by atoms with E-state index >= 15 is 0 Å². The van der Waals surface area contributed by atoms with Crippen molar-refractivity contribution in [1.29, 1.82) is 0 Å². The molecule has 1 amide bonds. The van der Waals surface area contributed by atoms with E-state index in [1.807, 2.05) is 4.90 Å². The molecule has 0 saturated carbocycles. The number of carboxylic acids is 1. The smallest absolute Gasteiger partial charge is 0.335 e. The van der Waals surface area contributed by atoms with Gasteiger partial charge in [0.25, 0.3) is 0 Å². The number of benzene rings is 1. The molecule has 7 heteroatoms. The third-order valence-electron chi connectivity index (χ3n) is 4.33. The van der Waals surface area contributed by atoms with Gasteiger partial charge in [-0.3, -0.25) is 9.78 Å². The van der Waals surface area contributed by atoms with Crippen LogP contribution in [0.5, 0.6) is 0 Å². The first-order chi connectivity index (χ1) is 12.1. The molecule has 1 N–H and O–H groups in total. The van der Waals surface area contributed by atoms with Crippen LogP contribution < -0.4 is 4.90 Å². The van der Waals surface area contributed by atoms with Gasteiger partial charge in [-0.25, -0.2) is 9.78 Å². The highest BCUT2D eigenvalue weighted by atomic mass is 16.4.